The number of carbonyl (C=O) groups is 1. The lowest BCUT2D eigenvalue weighted by molar-refractivity contribution is -0.116. The molecule has 2 rings (SSSR count). The molecule has 3 N–H and O–H groups in total. The van der Waals surface area contributed by atoms with Gasteiger partial charge in [0.1, 0.15) is 11.6 Å². The fourth-order valence-electron chi connectivity index (χ4n) is 2.84. The predicted octanol–water partition coefficient (Wildman–Crippen LogP) is 3.43. The molecular weight excluding hydrogens is 521 g/mol. The number of aromatic nitrogens is 1. The molecule has 0 aliphatic carbocycles. The van der Waals surface area contributed by atoms with Crippen molar-refractivity contribution in [2.45, 2.75) is 33.2 Å². The molecule has 9 heteroatoms. The Morgan fingerprint density at radius 2 is 1.94 bits per heavy atom. The summed E-state index contributed by atoms with van der Waals surface area (Å²) in [5.74, 6) is 1.92. The summed E-state index contributed by atoms with van der Waals surface area (Å²) in [5.41, 5.74) is 3.04. The predicted molar refractivity (Wildman–Crippen MR) is 139 cm³/mol. The number of amides is 1. The molecule has 1 aromatic carbocycles. The average Bonchev–Trinajstić information content (AvgIpc) is 2.74. The van der Waals surface area contributed by atoms with Crippen molar-refractivity contribution in [3.05, 3.63) is 53.2 Å². The number of pyridine rings is 1. The van der Waals surface area contributed by atoms with E-state index in [9.17, 15) is 4.79 Å². The molecule has 0 unspecified atom stereocenters. The number of hydrogen-bond donors (Lipinski definition) is 3. The van der Waals surface area contributed by atoms with Crippen molar-refractivity contribution in [2.24, 2.45) is 4.99 Å². The highest BCUT2D eigenvalue weighted by Crippen LogP contribution is 2.20. The van der Waals surface area contributed by atoms with Gasteiger partial charge in [-0.1, -0.05) is 18.2 Å². The van der Waals surface area contributed by atoms with Crippen molar-refractivity contribution in [3.63, 3.8) is 0 Å². The van der Waals surface area contributed by atoms with Crippen molar-refractivity contribution in [3.8, 4) is 5.75 Å². The number of methoxy groups -OCH3 is 1. The number of hydrogen-bond acceptors (Lipinski definition) is 5. The Hall–Kier alpha value is -2.40. The topological polar surface area (TPSA) is 96.9 Å². The zero-order valence-corrected chi connectivity index (χ0v) is 21.6. The van der Waals surface area contributed by atoms with Gasteiger partial charge in [-0.05, 0) is 37.6 Å². The molecule has 1 heterocycles. The second kappa shape index (κ2) is 15.4. The molecule has 8 nitrogen and oxygen atoms in total. The fraction of sp³-hybridized carbons (Fsp3) is 0.435. The van der Waals surface area contributed by atoms with Gasteiger partial charge in [0, 0.05) is 58.0 Å². The van der Waals surface area contributed by atoms with Crippen LogP contribution >= 0.6 is 24.0 Å². The van der Waals surface area contributed by atoms with Gasteiger partial charge in [-0.15, -0.1) is 24.0 Å². The van der Waals surface area contributed by atoms with Gasteiger partial charge < -0.3 is 25.4 Å². The maximum absolute atomic E-state index is 12.1. The second-order valence-corrected chi connectivity index (χ2v) is 7.12. The molecule has 0 bridgehead atoms. The molecule has 1 aromatic heterocycles. The summed E-state index contributed by atoms with van der Waals surface area (Å²) in [6.07, 6.45) is 1.13. The number of carbonyl (C=O) groups excluding carboxylic acids is 1. The van der Waals surface area contributed by atoms with Crippen molar-refractivity contribution < 1.29 is 14.3 Å². The SMILES string of the molecule is CN=C(NCCC(=O)Nc1cccc(C)n1)NCc1ccc(C)cc1OCCCOC.I. The second-order valence-electron chi connectivity index (χ2n) is 7.12. The van der Waals surface area contributed by atoms with E-state index in [1.807, 2.05) is 38.1 Å². The Labute approximate surface area is 207 Å². The van der Waals surface area contributed by atoms with Crippen molar-refractivity contribution in [2.75, 3.05) is 39.2 Å². The van der Waals surface area contributed by atoms with Crippen LogP contribution in [0.3, 0.4) is 0 Å². The summed E-state index contributed by atoms with van der Waals surface area (Å²) in [6, 6.07) is 11.7. The van der Waals surface area contributed by atoms with E-state index in [1.54, 1.807) is 20.2 Å². The smallest absolute Gasteiger partial charge is 0.227 e. The lowest BCUT2D eigenvalue weighted by Crippen LogP contribution is -2.38. The van der Waals surface area contributed by atoms with Gasteiger partial charge in [-0.2, -0.15) is 0 Å². The Bertz CT molecular complexity index is 876. The van der Waals surface area contributed by atoms with Crippen LogP contribution in [0, 0.1) is 13.8 Å². The lowest BCUT2D eigenvalue weighted by atomic mass is 10.1. The third-order valence-corrected chi connectivity index (χ3v) is 4.44. The monoisotopic (exact) mass is 555 g/mol. The first-order valence-electron chi connectivity index (χ1n) is 10.4. The molecule has 2 aromatic rings. The number of nitrogens with zero attached hydrogens (tertiary/aromatic N) is 2. The van der Waals surface area contributed by atoms with E-state index in [-0.39, 0.29) is 29.9 Å². The molecule has 0 aliphatic rings. The maximum Gasteiger partial charge on any atom is 0.227 e. The first kappa shape index (κ1) is 27.6. The van der Waals surface area contributed by atoms with Gasteiger partial charge in [-0.25, -0.2) is 4.98 Å². The van der Waals surface area contributed by atoms with E-state index in [1.165, 1.54) is 0 Å². The van der Waals surface area contributed by atoms with E-state index in [0.717, 1.165) is 29.0 Å². The fourth-order valence-corrected chi connectivity index (χ4v) is 2.84. The standard InChI is InChI=1S/C23H33N5O3.HI/c1-17-9-10-19(20(15-17)31-14-6-13-30-4)16-26-23(24-3)25-12-11-22(29)28-21-8-5-7-18(2)27-21;/h5,7-10,15H,6,11-14,16H2,1-4H3,(H2,24,25,26)(H,27,28,29);1H. The molecule has 32 heavy (non-hydrogen) atoms. The Morgan fingerprint density at radius 3 is 2.66 bits per heavy atom. The molecule has 0 radical (unpaired) electrons. The molecule has 0 spiro atoms. The zero-order valence-electron chi connectivity index (χ0n) is 19.2. The number of nitrogens with one attached hydrogen (secondary N) is 3. The number of guanidine groups is 1. The van der Waals surface area contributed by atoms with Gasteiger partial charge in [0.05, 0.1) is 6.61 Å². The number of aryl methyl sites for hydroxylation is 2. The van der Waals surface area contributed by atoms with Crippen LogP contribution in [0.1, 0.15) is 29.7 Å². The first-order chi connectivity index (χ1) is 15.0. The number of rotatable bonds is 11. The van der Waals surface area contributed by atoms with Gasteiger partial charge in [-0.3, -0.25) is 9.79 Å². The molecule has 0 atom stereocenters. The Balaban J connectivity index is 0.00000512. The van der Waals surface area contributed by atoms with Crippen LogP contribution in [-0.4, -0.2) is 50.8 Å². The van der Waals surface area contributed by atoms with Crippen LogP contribution in [0.25, 0.3) is 0 Å². The minimum atomic E-state index is -0.105. The third kappa shape index (κ3) is 10.3. The van der Waals surface area contributed by atoms with E-state index >= 15 is 0 Å². The van der Waals surface area contributed by atoms with E-state index in [2.05, 4.69) is 32.0 Å². The van der Waals surface area contributed by atoms with Gasteiger partial charge in [0.25, 0.3) is 0 Å². The molecule has 1 amide bonds. The van der Waals surface area contributed by atoms with E-state index < -0.39 is 0 Å². The number of aliphatic imine (C=N–C) groups is 1. The molecule has 0 saturated carbocycles. The van der Waals surface area contributed by atoms with Crippen LogP contribution in [0.15, 0.2) is 41.4 Å². The number of halogens is 1. The molecule has 0 aliphatic heterocycles. The summed E-state index contributed by atoms with van der Waals surface area (Å²) < 4.78 is 11.0. The average molecular weight is 555 g/mol. The first-order valence-corrected chi connectivity index (χ1v) is 10.4. The molecule has 176 valence electrons. The molecule has 0 saturated heterocycles. The molecular formula is C23H34IN5O3. The normalized spacial score (nSPS) is 10.8. The van der Waals surface area contributed by atoms with Crippen LogP contribution in [-0.2, 0) is 16.1 Å². The van der Waals surface area contributed by atoms with Crippen LogP contribution < -0.4 is 20.7 Å². The number of benzene rings is 1. The van der Waals surface area contributed by atoms with Crippen molar-refractivity contribution >= 4 is 41.7 Å². The Morgan fingerprint density at radius 1 is 1.12 bits per heavy atom. The molecule has 0 fully saturated rings. The number of ether oxygens (including phenoxy) is 2. The minimum Gasteiger partial charge on any atom is -0.493 e. The zero-order chi connectivity index (χ0) is 22.5. The highest BCUT2D eigenvalue weighted by Gasteiger charge is 2.07. The Kier molecular flexibility index (Phi) is 13.3. The van der Waals surface area contributed by atoms with Crippen LogP contribution in [0.4, 0.5) is 5.82 Å². The van der Waals surface area contributed by atoms with Crippen LogP contribution in [0.5, 0.6) is 5.75 Å². The quantitative estimate of drug-likeness (QED) is 0.170. The highest BCUT2D eigenvalue weighted by atomic mass is 127. The van der Waals surface area contributed by atoms with Crippen molar-refractivity contribution in [1.29, 1.82) is 0 Å². The summed E-state index contributed by atoms with van der Waals surface area (Å²) in [6.45, 7) is 6.20. The largest absolute Gasteiger partial charge is 0.493 e. The number of anilines is 1. The van der Waals surface area contributed by atoms with Gasteiger partial charge >= 0.3 is 0 Å². The van der Waals surface area contributed by atoms with E-state index in [4.69, 9.17) is 9.47 Å². The lowest BCUT2D eigenvalue weighted by Gasteiger charge is -2.15. The maximum atomic E-state index is 12.1. The summed E-state index contributed by atoms with van der Waals surface area (Å²) in [5, 5.41) is 9.22. The third-order valence-electron chi connectivity index (χ3n) is 4.44. The van der Waals surface area contributed by atoms with Crippen molar-refractivity contribution in [1.82, 2.24) is 15.6 Å². The van der Waals surface area contributed by atoms with Crippen LogP contribution in [0.2, 0.25) is 0 Å². The minimum absolute atomic E-state index is 0. The summed E-state index contributed by atoms with van der Waals surface area (Å²) >= 11 is 0. The summed E-state index contributed by atoms with van der Waals surface area (Å²) in [7, 11) is 3.38. The van der Waals surface area contributed by atoms with Gasteiger partial charge in [0.2, 0.25) is 5.91 Å². The van der Waals surface area contributed by atoms with Gasteiger partial charge in [0.15, 0.2) is 5.96 Å². The summed E-state index contributed by atoms with van der Waals surface area (Å²) in [4.78, 5) is 20.6. The highest BCUT2D eigenvalue weighted by molar-refractivity contribution is 14.0. The van der Waals surface area contributed by atoms with E-state index in [0.29, 0.717) is 44.5 Å².